The summed E-state index contributed by atoms with van der Waals surface area (Å²) < 4.78 is 19.1. The standard InChI is InChI=1S/C12H36N7P2.C2H4O2/c1-14(2)20(15(3)4,16(5)6)13-21(17(7)8,18(9)10)19(11)12;1-2(3)4/h1-12H3;1H3,(H,3,4)/q+1;. The van der Waals surface area contributed by atoms with Crippen LogP contribution < -0.4 is 0 Å². The third-order valence-corrected chi connectivity index (χ3v) is 11.8. The molecule has 0 aromatic carbocycles. The molecule has 0 aromatic rings. The molecule has 0 spiro atoms. The van der Waals surface area contributed by atoms with Crippen molar-refractivity contribution in [2.75, 3.05) is 84.6 Å². The van der Waals surface area contributed by atoms with Crippen molar-refractivity contribution in [1.29, 1.82) is 0 Å². The average molecular weight is 400 g/mol. The Hall–Kier alpha value is -0.110. The summed E-state index contributed by atoms with van der Waals surface area (Å²) in [4.78, 5) is 9.00. The fourth-order valence-corrected chi connectivity index (χ4v) is 12.2. The van der Waals surface area contributed by atoms with Gasteiger partial charge in [-0.1, -0.05) is 0 Å². The zero-order chi connectivity index (χ0) is 20.7. The van der Waals surface area contributed by atoms with Crippen LogP contribution in [-0.2, 0) is 4.79 Å². The minimum Gasteiger partial charge on any atom is -0.481 e. The van der Waals surface area contributed by atoms with Crippen LogP contribution in [0.2, 0.25) is 0 Å². The van der Waals surface area contributed by atoms with Gasteiger partial charge in [0.15, 0.2) is 0 Å². The molecule has 152 valence electrons. The highest BCUT2D eigenvalue weighted by Gasteiger charge is 2.52. The Morgan fingerprint density at radius 3 is 1.04 bits per heavy atom. The Labute approximate surface area is 155 Å². The van der Waals surface area contributed by atoms with Crippen LogP contribution in [-0.4, -0.2) is 124 Å². The van der Waals surface area contributed by atoms with Crippen LogP contribution in [0.15, 0.2) is 4.52 Å². The SMILES string of the molecule is CC(=O)O.CN(C)P(=N[P+](N(C)C)(N(C)C)N(C)C)(N(C)C)N(C)C. The molecule has 0 atom stereocenters. The summed E-state index contributed by atoms with van der Waals surface area (Å²) in [6.45, 7) is 1.08. The molecule has 1 N–H and O–H groups in total. The lowest BCUT2D eigenvalue weighted by Crippen LogP contribution is -2.37. The molecule has 0 bridgehead atoms. The van der Waals surface area contributed by atoms with Crippen molar-refractivity contribution >= 4 is 21.3 Å². The first-order valence-electron chi connectivity index (χ1n) is 7.89. The number of nitrogens with zero attached hydrogens (tertiary/aromatic N) is 7. The summed E-state index contributed by atoms with van der Waals surface area (Å²) in [5.41, 5.74) is 0. The van der Waals surface area contributed by atoms with E-state index in [1.54, 1.807) is 0 Å². The molecule has 0 aromatic heterocycles. The largest absolute Gasteiger partial charge is 0.481 e. The van der Waals surface area contributed by atoms with Crippen LogP contribution in [0.3, 0.4) is 0 Å². The minimum atomic E-state index is -1.95. The Balaban J connectivity index is 0. The number of hydrogen-bond donors (Lipinski definition) is 1. The maximum atomic E-state index is 9.00. The average Bonchev–Trinajstić information content (AvgIpc) is 2.36. The summed E-state index contributed by atoms with van der Waals surface area (Å²) in [5, 5.41) is 7.42. The number of carbonyl (C=O) groups is 1. The normalized spacial score (nSPS) is 13.1. The van der Waals surface area contributed by atoms with Gasteiger partial charge in [-0.05, 0) is 46.8 Å². The van der Waals surface area contributed by atoms with E-state index in [1.807, 2.05) is 0 Å². The van der Waals surface area contributed by atoms with Crippen molar-refractivity contribution in [3.8, 4) is 0 Å². The molecule has 0 unspecified atom stereocenters. The number of hydrogen-bond acceptors (Lipinski definition) is 5. The van der Waals surface area contributed by atoms with Crippen molar-refractivity contribution in [2.24, 2.45) is 4.52 Å². The molecular weight excluding hydrogens is 360 g/mol. The lowest BCUT2D eigenvalue weighted by molar-refractivity contribution is -0.134. The molecule has 11 heteroatoms. The number of carboxylic acids is 1. The molecule has 0 fully saturated rings. The molecule has 0 saturated heterocycles. The first-order valence-corrected chi connectivity index (χ1v) is 11.1. The summed E-state index contributed by atoms with van der Waals surface area (Å²) in [5.74, 6) is -0.833. The Bertz CT molecular complexity index is 412. The first kappa shape index (κ1) is 27.1. The van der Waals surface area contributed by atoms with Gasteiger partial charge in [0.1, 0.15) is 0 Å². The van der Waals surface area contributed by atoms with Crippen molar-refractivity contribution in [3.05, 3.63) is 0 Å². The van der Waals surface area contributed by atoms with Gasteiger partial charge in [-0.2, -0.15) is 0 Å². The van der Waals surface area contributed by atoms with E-state index in [0.717, 1.165) is 6.92 Å². The fourth-order valence-electron chi connectivity index (χ4n) is 2.79. The molecule has 0 rings (SSSR count). The highest BCUT2D eigenvalue weighted by atomic mass is 31.2. The fraction of sp³-hybridized carbons (Fsp3) is 0.929. The maximum Gasteiger partial charge on any atom is 0.355 e. The second-order valence-electron chi connectivity index (χ2n) is 6.77. The predicted molar refractivity (Wildman–Crippen MR) is 112 cm³/mol. The molecule has 0 aliphatic heterocycles. The molecule has 0 heterocycles. The van der Waals surface area contributed by atoms with E-state index in [9.17, 15) is 0 Å². The number of aliphatic carboxylic acids is 1. The van der Waals surface area contributed by atoms with Gasteiger partial charge in [0.2, 0.25) is 7.51 Å². The van der Waals surface area contributed by atoms with Crippen LogP contribution in [0.1, 0.15) is 6.92 Å². The van der Waals surface area contributed by atoms with Gasteiger partial charge in [-0.15, -0.1) is 14.0 Å². The monoisotopic (exact) mass is 400 g/mol. The third-order valence-electron chi connectivity index (χ3n) is 3.46. The molecule has 25 heavy (non-hydrogen) atoms. The summed E-state index contributed by atoms with van der Waals surface area (Å²) >= 11 is 0. The lowest BCUT2D eigenvalue weighted by Gasteiger charge is -2.43. The van der Waals surface area contributed by atoms with E-state index in [-0.39, 0.29) is 0 Å². The zero-order valence-corrected chi connectivity index (χ0v) is 20.2. The van der Waals surface area contributed by atoms with Crippen LogP contribution in [0.25, 0.3) is 0 Å². The van der Waals surface area contributed by atoms with E-state index in [1.165, 1.54) is 0 Å². The highest BCUT2D eigenvalue weighted by molar-refractivity contribution is 7.75. The third kappa shape index (κ3) is 6.52. The molecule has 0 aliphatic carbocycles. The Morgan fingerprint density at radius 1 is 0.720 bits per heavy atom. The van der Waals surface area contributed by atoms with Gasteiger partial charge >= 0.3 is 7.87 Å². The number of rotatable bonds is 7. The lowest BCUT2D eigenvalue weighted by atomic mass is 10.9. The van der Waals surface area contributed by atoms with Gasteiger partial charge < -0.3 is 5.11 Å². The Kier molecular flexibility index (Phi) is 11.8. The molecule has 9 nitrogen and oxygen atoms in total. The predicted octanol–water partition coefficient (Wildman–Crippen LogP) is 2.07. The zero-order valence-electron chi connectivity index (χ0n) is 18.4. The second kappa shape index (κ2) is 10.9. The van der Waals surface area contributed by atoms with E-state index in [2.05, 4.69) is 113 Å². The van der Waals surface area contributed by atoms with Crippen LogP contribution in [0.4, 0.5) is 0 Å². The minimum absolute atomic E-state index is 0.833. The van der Waals surface area contributed by atoms with Crippen molar-refractivity contribution in [1.82, 2.24) is 28.0 Å². The first-order chi connectivity index (χ1) is 11.1. The van der Waals surface area contributed by atoms with Gasteiger partial charge in [0.05, 0.1) is 0 Å². The molecular formula is C14H40N7O2P2+. The molecule has 0 saturated carbocycles. The van der Waals surface area contributed by atoms with Gasteiger partial charge in [0.25, 0.3) is 5.97 Å². The van der Waals surface area contributed by atoms with E-state index in [4.69, 9.17) is 14.4 Å². The highest BCUT2D eigenvalue weighted by Crippen LogP contribution is 2.73. The van der Waals surface area contributed by atoms with E-state index >= 15 is 0 Å². The van der Waals surface area contributed by atoms with Crippen molar-refractivity contribution in [3.63, 3.8) is 0 Å². The maximum absolute atomic E-state index is 9.00. The molecule has 0 amide bonds. The van der Waals surface area contributed by atoms with Crippen LogP contribution >= 0.6 is 15.4 Å². The number of carboxylic acid groups (broad SMARTS) is 1. The second-order valence-corrected chi connectivity index (χ2v) is 14.4. The van der Waals surface area contributed by atoms with Crippen molar-refractivity contribution in [2.45, 2.75) is 6.92 Å². The van der Waals surface area contributed by atoms with E-state index < -0.39 is 21.3 Å². The molecule has 0 radical (unpaired) electrons. The van der Waals surface area contributed by atoms with Gasteiger partial charge in [0, 0.05) is 49.2 Å². The topological polar surface area (TPSA) is 69.1 Å². The van der Waals surface area contributed by atoms with Gasteiger partial charge in [-0.3, -0.25) is 4.79 Å². The molecule has 0 aliphatic rings. The van der Waals surface area contributed by atoms with E-state index in [0.29, 0.717) is 0 Å². The quantitative estimate of drug-likeness (QED) is 0.652. The van der Waals surface area contributed by atoms with Gasteiger partial charge in [-0.25, -0.2) is 14.0 Å². The summed E-state index contributed by atoms with van der Waals surface area (Å²) in [6.07, 6.45) is 0. The smallest absolute Gasteiger partial charge is 0.355 e. The summed E-state index contributed by atoms with van der Waals surface area (Å²) in [6, 6.07) is 0. The Morgan fingerprint density at radius 2 is 0.920 bits per heavy atom. The van der Waals surface area contributed by atoms with Crippen LogP contribution in [0, 0.1) is 0 Å². The van der Waals surface area contributed by atoms with Crippen LogP contribution in [0.5, 0.6) is 0 Å². The summed E-state index contributed by atoms with van der Waals surface area (Å²) in [7, 11) is 21.5. The van der Waals surface area contributed by atoms with Crippen molar-refractivity contribution < 1.29 is 9.90 Å².